The molecular formula is C20H38N2. The van der Waals surface area contributed by atoms with Crippen LogP contribution in [0.25, 0.3) is 0 Å². The van der Waals surface area contributed by atoms with E-state index in [1.165, 1.54) is 24.1 Å². The minimum Gasteiger partial charge on any atom is -0.308 e. The molecule has 0 radical (unpaired) electrons. The highest BCUT2D eigenvalue weighted by molar-refractivity contribution is 5.23. The van der Waals surface area contributed by atoms with Gasteiger partial charge in [-0.25, -0.2) is 0 Å². The SMILES string of the molecule is CCC.CCc1cccc(CN(CCN(C)C)CC(C)C)c1. The Labute approximate surface area is 139 Å². The molecule has 0 aliphatic heterocycles. The highest BCUT2D eigenvalue weighted by atomic mass is 15.2. The van der Waals surface area contributed by atoms with Crippen LogP contribution in [0.2, 0.25) is 0 Å². The molecule has 1 aromatic carbocycles. The second kappa shape index (κ2) is 12.7. The zero-order valence-electron chi connectivity index (χ0n) is 16.0. The van der Waals surface area contributed by atoms with E-state index < -0.39 is 0 Å². The molecule has 0 heterocycles. The lowest BCUT2D eigenvalue weighted by atomic mass is 10.1. The molecule has 0 amide bonds. The molecule has 2 heteroatoms. The van der Waals surface area contributed by atoms with Crippen LogP contribution in [0.4, 0.5) is 0 Å². The fourth-order valence-corrected chi connectivity index (χ4v) is 2.30. The molecule has 0 N–H and O–H groups in total. The zero-order valence-corrected chi connectivity index (χ0v) is 16.0. The van der Waals surface area contributed by atoms with Crippen molar-refractivity contribution in [2.75, 3.05) is 33.7 Å². The number of aryl methyl sites for hydroxylation is 1. The van der Waals surface area contributed by atoms with Crippen molar-refractivity contribution in [1.29, 1.82) is 0 Å². The minimum absolute atomic E-state index is 0.719. The topological polar surface area (TPSA) is 6.48 Å². The van der Waals surface area contributed by atoms with Crippen LogP contribution in [-0.4, -0.2) is 43.5 Å². The highest BCUT2D eigenvalue weighted by Crippen LogP contribution is 2.10. The number of likely N-dealkylation sites (N-methyl/N-ethyl adjacent to an activating group) is 1. The average Bonchev–Trinajstić information content (AvgIpc) is 2.45. The Bertz CT molecular complexity index is 372. The third-order valence-corrected chi connectivity index (χ3v) is 3.29. The van der Waals surface area contributed by atoms with E-state index in [0.29, 0.717) is 0 Å². The standard InChI is InChI=1S/C17H30N2.C3H8/c1-6-16-8-7-9-17(12-16)14-19(13-15(2)3)11-10-18(4)5;1-3-2/h7-9,12,15H,6,10-11,13-14H2,1-5H3;3H2,1-2H3. The van der Waals surface area contributed by atoms with Crippen LogP contribution in [0.15, 0.2) is 24.3 Å². The van der Waals surface area contributed by atoms with Crippen molar-refractivity contribution >= 4 is 0 Å². The monoisotopic (exact) mass is 306 g/mol. The molecule has 0 aliphatic rings. The van der Waals surface area contributed by atoms with E-state index in [1.54, 1.807) is 0 Å². The molecule has 0 aliphatic carbocycles. The van der Waals surface area contributed by atoms with Crippen LogP contribution < -0.4 is 0 Å². The number of nitrogens with zero attached hydrogens (tertiary/aromatic N) is 2. The molecule has 1 aromatic rings. The lowest BCUT2D eigenvalue weighted by molar-refractivity contribution is 0.211. The van der Waals surface area contributed by atoms with Gasteiger partial charge in [0.25, 0.3) is 0 Å². The van der Waals surface area contributed by atoms with Crippen molar-refractivity contribution in [1.82, 2.24) is 9.80 Å². The molecule has 0 saturated carbocycles. The van der Waals surface area contributed by atoms with Crippen LogP contribution in [0.3, 0.4) is 0 Å². The summed E-state index contributed by atoms with van der Waals surface area (Å²) in [5.74, 6) is 0.719. The summed E-state index contributed by atoms with van der Waals surface area (Å²) >= 11 is 0. The van der Waals surface area contributed by atoms with E-state index in [0.717, 1.165) is 32.0 Å². The van der Waals surface area contributed by atoms with Gasteiger partial charge in [-0.15, -0.1) is 0 Å². The molecule has 128 valence electrons. The van der Waals surface area contributed by atoms with Crippen molar-refractivity contribution in [2.45, 2.75) is 54.0 Å². The first-order valence-electron chi connectivity index (χ1n) is 8.87. The van der Waals surface area contributed by atoms with Crippen molar-refractivity contribution in [3.63, 3.8) is 0 Å². The number of benzene rings is 1. The summed E-state index contributed by atoms with van der Waals surface area (Å²) in [4.78, 5) is 4.83. The number of hydrogen-bond donors (Lipinski definition) is 0. The Balaban J connectivity index is 0.00000135. The van der Waals surface area contributed by atoms with Gasteiger partial charge in [0.1, 0.15) is 0 Å². The van der Waals surface area contributed by atoms with E-state index in [2.05, 4.69) is 82.8 Å². The fourth-order valence-electron chi connectivity index (χ4n) is 2.30. The van der Waals surface area contributed by atoms with Gasteiger partial charge in [-0.3, -0.25) is 4.90 Å². The summed E-state index contributed by atoms with van der Waals surface area (Å²) in [5.41, 5.74) is 2.88. The summed E-state index contributed by atoms with van der Waals surface area (Å²) in [6, 6.07) is 9.01. The molecule has 22 heavy (non-hydrogen) atoms. The summed E-state index contributed by atoms with van der Waals surface area (Å²) in [7, 11) is 4.29. The average molecular weight is 307 g/mol. The van der Waals surface area contributed by atoms with Gasteiger partial charge in [0.15, 0.2) is 0 Å². The lowest BCUT2D eigenvalue weighted by Gasteiger charge is -2.26. The first kappa shape index (κ1) is 21.1. The Hall–Kier alpha value is -0.860. The molecule has 0 saturated heterocycles. The molecule has 0 bridgehead atoms. The third-order valence-electron chi connectivity index (χ3n) is 3.29. The Kier molecular flexibility index (Phi) is 12.2. The van der Waals surface area contributed by atoms with E-state index >= 15 is 0 Å². The smallest absolute Gasteiger partial charge is 0.0234 e. The summed E-state index contributed by atoms with van der Waals surface area (Å²) in [5, 5.41) is 0. The molecule has 0 unspecified atom stereocenters. The van der Waals surface area contributed by atoms with Crippen molar-refractivity contribution in [3.05, 3.63) is 35.4 Å². The van der Waals surface area contributed by atoms with Gasteiger partial charge in [-0.1, -0.05) is 65.3 Å². The first-order chi connectivity index (χ1) is 10.4. The van der Waals surface area contributed by atoms with Gasteiger partial charge >= 0.3 is 0 Å². The predicted molar refractivity (Wildman–Crippen MR) is 100 cm³/mol. The fraction of sp³-hybridized carbons (Fsp3) is 0.700. The second-order valence-electron chi connectivity index (χ2n) is 6.81. The largest absolute Gasteiger partial charge is 0.308 e. The number of hydrogen-bond acceptors (Lipinski definition) is 2. The Morgan fingerprint density at radius 1 is 0.955 bits per heavy atom. The van der Waals surface area contributed by atoms with E-state index in [-0.39, 0.29) is 0 Å². The maximum atomic E-state index is 2.57. The molecule has 0 fully saturated rings. The van der Waals surface area contributed by atoms with Gasteiger partial charge in [0.05, 0.1) is 0 Å². The number of rotatable bonds is 8. The third kappa shape index (κ3) is 10.8. The van der Waals surface area contributed by atoms with Gasteiger partial charge in [0.2, 0.25) is 0 Å². The van der Waals surface area contributed by atoms with E-state index in [9.17, 15) is 0 Å². The highest BCUT2D eigenvalue weighted by Gasteiger charge is 2.09. The molecule has 0 spiro atoms. The molecule has 0 atom stereocenters. The van der Waals surface area contributed by atoms with Crippen molar-refractivity contribution in [2.24, 2.45) is 5.92 Å². The quantitative estimate of drug-likeness (QED) is 0.688. The summed E-state index contributed by atoms with van der Waals surface area (Å²) in [6.07, 6.45) is 2.37. The lowest BCUT2D eigenvalue weighted by Crippen LogP contribution is -2.34. The van der Waals surface area contributed by atoms with Gasteiger partial charge in [-0.05, 0) is 37.6 Å². The van der Waals surface area contributed by atoms with Crippen LogP contribution in [-0.2, 0) is 13.0 Å². The van der Waals surface area contributed by atoms with E-state index in [1.807, 2.05) is 0 Å². The predicted octanol–water partition coefficient (Wildman–Crippen LogP) is 4.68. The molecular weight excluding hydrogens is 268 g/mol. The molecule has 0 aromatic heterocycles. The van der Waals surface area contributed by atoms with Gasteiger partial charge < -0.3 is 4.90 Å². The van der Waals surface area contributed by atoms with Crippen LogP contribution in [0, 0.1) is 5.92 Å². The molecule has 1 rings (SSSR count). The zero-order chi connectivity index (χ0) is 17.0. The first-order valence-corrected chi connectivity index (χ1v) is 8.87. The summed E-state index contributed by atoms with van der Waals surface area (Å²) in [6.45, 7) is 15.6. The van der Waals surface area contributed by atoms with Crippen molar-refractivity contribution in [3.8, 4) is 0 Å². The normalized spacial score (nSPS) is 11.0. The van der Waals surface area contributed by atoms with Crippen LogP contribution >= 0.6 is 0 Å². The maximum absolute atomic E-state index is 2.57. The minimum atomic E-state index is 0.719. The summed E-state index contributed by atoms with van der Waals surface area (Å²) < 4.78 is 0. The van der Waals surface area contributed by atoms with E-state index in [4.69, 9.17) is 0 Å². The van der Waals surface area contributed by atoms with Gasteiger partial charge in [-0.2, -0.15) is 0 Å². The molecule has 2 nitrogen and oxygen atoms in total. The van der Waals surface area contributed by atoms with Gasteiger partial charge in [0, 0.05) is 26.2 Å². The Morgan fingerprint density at radius 2 is 1.55 bits per heavy atom. The Morgan fingerprint density at radius 3 is 2.05 bits per heavy atom. The maximum Gasteiger partial charge on any atom is 0.0234 e. The second-order valence-corrected chi connectivity index (χ2v) is 6.81. The van der Waals surface area contributed by atoms with Crippen molar-refractivity contribution < 1.29 is 0 Å². The van der Waals surface area contributed by atoms with Crippen LogP contribution in [0.1, 0.15) is 52.2 Å². The van der Waals surface area contributed by atoms with Crippen LogP contribution in [0.5, 0.6) is 0 Å².